The van der Waals surface area contributed by atoms with Crippen LogP contribution in [0.1, 0.15) is 64.9 Å². The van der Waals surface area contributed by atoms with Gasteiger partial charge in [-0.2, -0.15) is 5.10 Å². The molecule has 0 amide bonds. The number of hydrogen-bond donors (Lipinski definition) is 1. The normalized spacial score (nSPS) is 11.8. The molecule has 0 aliphatic heterocycles. The molecule has 110 valence electrons. The predicted molar refractivity (Wildman–Crippen MR) is 82.4 cm³/mol. The van der Waals surface area contributed by atoms with Crippen molar-refractivity contribution in [2.45, 2.75) is 79.9 Å². The Kier molecular flexibility index (Phi) is 6.56. The average Bonchev–Trinajstić information content (AvgIpc) is 2.70. The monoisotopic (exact) mass is 265 g/mol. The SMILES string of the molecule is CCc1nn(CCC(C)C)c(CC)c1CNC(C)C. The molecule has 1 heterocycles. The number of nitrogens with zero attached hydrogens (tertiary/aromatic N) is 2. The van der Waals surface area contributed by atoms with Crippen molar-refractivity contribution in [3.05, 3.63) is 17.0 Å². The molecule has 0 unspecified atom stereocenters. The standard InChI is InChI=1S/C16H31N3/c1-7-15-14(11-17-13(5)6)16(8-2)19(18-15)10-9-12(3)4/h12-13,17H,7-11H2,1-6H3. The molecule has 0 bridgehead atoms. The van der Waals surface area contributed by atoms with Crippen LogP contribution < -0.4 is 5.32 Å². The van der Waals surface area contributed by atoms with E-state index in [1.54, 1.807) is 0 Å². The van der Waals surface area contributed by atoms with Gasteiger partial charge in [-0.15, -0.1) is 0 Å². The lowest BCUT2D eigenvalue weighted by Gasteiger charge is -2.11. The quantitative estimate of drug-likeness (QED) is 0.779. The third-order valence-electron chi connectivity index (χ3n) is 3.52. The molecule has 19 heavy (non-hydrogen) atoms. The molecule has 0 saturated heterocycles. The Balaban J connectivity index is 2.92. The van der Waals surface area contributed by atoms with E-state index in [4.69, 9.17) is 5.10 Å². The van der Waals surface area contributed by atoms with Crippen molar-refractivity contribution in [1.29, 1.82) is 0 Å². The summed E-state index contributed by atoms with van der Waals surface area (Å²) in [7, 11) is 0. The second-order valence-electron chi connectivity index (χ2n) is 6.02. The van der Waals surface area contributed by atoms with E-state index >= 15 is 0 Å². The number of aromatic nitrogens is 2. The van der Waals surface area contributed by atoms with Crippen LogP contribution in [0, 0.1) is 5.92 Å². The molecule has 0 spiro atoms. The van der Waals surface area contributed by atoms with Crippen LogP contribution in [0.25, 0.3) is 0 Å². The maximum Gasteiger partial charge on any atom is 0.0669 e. The van der Waals surface area contributed by atoms with Crippen LogP contribution in [-0.4, -0.2) is 15.8 Å². The van der Waals surface area contributed by atoms with Gasteiger partial charge in [0.05, 0.1) is 5.69 Å². The van der Waals surface area contributed by atoms with Gasteiger partial charge in [0.1, 0.15) is 0 Å². The first-order chi connectivity index (χ1) is 8.99. The van der Waals surface area contributed by atoms with E-state index in [2.05, 4.69) is 51.5 Å². The minimum Gasteiger partial charge on any atom is -0.310 e. The minimum atomic E-state index is 0.522. The highest BCUT2D eigenvalue weighted by atomic mass is 15.3. The van der Waals surface area contributed by atoms with Crippen LogP contribution in [0.4, 0.5) is 0 Å². The van der Waals surface area contributed by atoms with Crippen molar-refractivity contribution in [1.82, 2.24) is 15.1 Å². The molecule has 3 nitrogen and oxygen atoms in total. The van der Waals surface area contributed by atoms with Crippen molar-refractivity contribution in [2.75, 3.05) is 0 Å². The van der Waals surface area contributed by atoms with Crippen molar-refractivity contribution in [2.24, 2.45) is 5.92 Å². The summed E-state index contributed by atoms with van der Waals surface area (Å²) in [5.74, 6) is 0.733. The summed E-state index contributed by atoms with van der Waals surface area (Å²) in [4.78, 5) is 0. The fourth-order valence-corrected chi connectivity index (χ4v) is 2.34. The maximum absolute atomic E-state index is 4.83. The fraction of sp³-hybridized carbons (Fsp3) is 0.812. The molecule has 1 aromatic rings. The first-order valence-corrected chi connectivity index (χ1v) is 7.80. The van der Waals surface area contributed by atoms with Gasteiger partial charge in [-0.25, -0.2) is 0 Å². The van der Waals surface area contributed by atoms with Crippen LogP contribution >= 0.6 is 0 Å². The molecule has 1 N–H and O–H groups in total. The fourth-order valence-electron chi connectivity index (χ4n) is 2.34. The Bertz CT molecular complexity index is 378. The molecular weight excluding hydrogens is 234 g/mol. The maximum atomic E-state index is 4.83. The van der Waals surface area contributed by atoms with E-state index in [1.807, 2.05) is 0 Å². The summed E-state index contributed by atoms with van der Waals surface area (Å²) >= 11 is 0. The first kappa shape index (κ1) is 16.2. The Morgan fingerprint density at radius 1 is 1.11 bits per heavy atom. The van der Waals surface area contributed by atoms with Gasteiger partial charge < -0.3 is 5.32 Å². The summed E-state index contributed by atoms with van der Waals surface area (Å²) in [6, 6.07) is 0.522. The molecule has 1 aromatic heterocycles. The molecule has 0 atom stereocenters. The van der Waals surface area contributed by atoms with Gasteiger partial charge in [0, 0.05) is 30.4 Å². The first-order valence-electron chi connectivity index (χ1n) is 7.80. The van der Waals surface area contributed by atoms with E-state index in [-0.39, 0.29) is 0 Å². The zero-order chi connectivity index (χ0) is 14.4. The van der Waals surface area contributed by atoms with E-state index < -0.39 is 0 Å². The van der Waals surface area contributed by atoms with E-state index in [1.165, 1.54) is 23.4 Å². The Morgan fingerprint density at radius 2 is 1.79 bits per heavy atom. The second-order valence-corrected chi connectivity index (χ2v) is 6.02. The van der Waals surface area contributed by atoms with Crippen LogP contribution in [0.5, 0.6) is 0 Å². The number of rotatable bonds is 8. The summed E-state index contributed by atoms with van der Waals surface area (Å²) in [5, 5.41) is 8.36. The Morgan fingerprint density at radius 3 is 2.26 bits per heavy atom. The number of nitrogens with one attached hydrogen (secondary N) is 1. The molecule has 0 aliphatic carbocycles. The molecule has 0 radical (unpaired) electrons. The zero-order valence-electron chi connectivity index (χ0n) is 13.6. The molecule has 0 fully saturated rings. The Labute approximate surface area is 118 Å². The molecule has 0 aliphatic rings. The third-order valence-corrected chi connectivity index (χ3v) is 3.52. The third kappa shape index (κ3) is 4.64. The molecule has 0 aromatic carbocycles. The van der Waals surface area contributed by atoms with Gasteiger partial charge in [-0.05, 0) is 25.2 Å². The summed E-state index contributed by atoms with van der Waals surface area (Å²) < 4.78 is 2.25. The highest BCUT2D eigenvalue weighted by Gasteiger charge is 2.15. The Hall–Kier alpha value is -0.830. The largest absolute Gasteiger partial charge is 0.310 e. The number of hydrogen-bond acceptors (Lipinski definition) is 2. The van der Waals surface area contributed by atoms with Gasteiger partial charge in [0.25, 0.3) is 0 Å². The molecule has 0 saturated carbocycles. The van der Waals surface area contributed by atoms with Crippen LogP contribution in [0.2, 0.25) is 0 Å². The van der Waals surface area contributed by atoms with Crippen LogP contribution in [-0.2, 0) is 25.9 Å². The van der Waals surface area contributed by atoms with Gasteiger partial charge in [0.2, 0.25) is 0 Å². The lowest BCUT2D eigenvalue weighted by Crippen LogP contribution is -2.23. The van der Waals surface area contributed by atoms with E-state index in [9.17, 15) is 0 Å². The summed E-state index contributed by atoms with van der Waals surface area (Å²) in [5.41, 5.74) is 4.13. The van der Waals surface area contributed by atoms with Crippen molar-refractivity contribution in [3.8, 4) is 0 Å². The van der Waals surface area contributed by atoms with Crippen molar-refractivity contribution >= 4 is 0 Å². The second kappa shape index (κ2) is 7.68. The van der Waals surface area contributed by atoms with Gasteiger partial charge >= 0.3 is 0 Å². The summed E-state index contributed by atoms with van der Waals surface area (Å²) in [6.45, 7) is 15.4. The highest BCUT2D eigenvalue weighted by molar-refractivity contribution is 5.26. The summed E-state index contributed by atoms with van der Waals surface area (Å²) in [6.07, 6.45) is 3.30. The van der Waals surface area contributed by atoms with Crippen molar-refractivity contribution in [3.63, 3.8) is 0 Å². The van der Waals surface area contributed by atoms with Gasteiger partial charge in [0.15, 0.2) is 0 Å². The molecule has 1 rings (SSSR count). The molecular formula is C16H31N3. The lowest BCUT2D eigenvalue weighted by atomic mass is 10.1. The smallest absolute Gasteiger partial charge is 0.0669 e. The number of aryl methyl sites for hydroxylation is 2. The topological polar surface area (TPSA) is 29.9 Å². The van der Waals surface area contributed by atoms with Crippen LogP contribution in [0.15, 0.2) is 0 Å². The minimum absolute atomic E-state index is 0.522. The van der Waals surface area contributed by atoms with E-state index in [0.717, 1.165) is 31.8 Å². The lowest BCUT2D eigenvalue weighted by molar-refractivity contribution is 0.473. The predicted octanol–water partition coefficient (Wildman–Crippen LogP) is 3.55. The van der Waals surface area contributed by atoms with Gasteiger partial charge in [-0.3, -0.25) is 4.68 Å². The van der Waals surface area contributed by atoms with E-state index in [0.29, 0.717) is 6.04 Å². The van der Waals surface area contributed by atoms with Gasteiger partial charge in [-0.1, -0.05) is 41.5 Å². The highest BCUT2D eigenvalue weighted by Crippen LogP contribution is 2.18. The average molecular weight is 265 g/mol. The molecule has 3 heteroatoms. The van der Waals surface area contributed by atoms with Crippen molar-refractivity contribution < 1.29 is 0 Å². The van der Waals surface area contributed by atoms with Crippen LogP contribution in [0.3, 0.4) is 0 Å². The zero-order valence-corrected chi connectivity index (χ0v) is 13.6.